The monoisotopic (exact) mass is 307 g/mol. The predicted octanol–water partition coefficient (Wildman–Crippen LogP) is 3.13. The number of hydrogen-bond donors (Lipinski definition) is 2. The second-order valence-electron chi connectivity index (χ2n) is 4.80. The summed E-state index contributed by atoms with van der Waals surface area (Å²) >= 11 is 6.04. The maximum atomic E-state index is 11.4. The van der Waals surface area contributed by atoms with E-state index in [1.807, 2.05) is 43.3 Å². The highest BCUT2D eigenvalue weighted by Gasteiger charge is 2.09. The number of nitrogens with one attached hydrogen (secondary N) is 2. The lowest BCUT2D eigenvalue weighted by Gasteiger charge is -2.18. The first-order valence-corrected chi connectivity index (χ1v) is 6.86. The van der Waals surface area contributed by atoms with Crippen LogP contribution in [0.15, 0.2) is 30.3 Å². The van der Waals surface area contributed by atoms with Gasteiger partial charge in [-0.1, -0.05) is 11.6 Å². The number of esters is 1. The summed E-state index contributed by atoms with van der Waals surface area (Å²) in [5.41, 5.74) is 3.30. The number of aromatic nitrogens is 1. The van der Waals surface area contributed by atoms with Gasteiger partial charge >= 0.3 is 5.97 Å². The van der Waals surface area contributed by atoms with Crippen molar-refractivity contribution in [2.75, 3.05) is 31.4 Å². The summed E-state index contributed by atoms with van der Waals surface area (Å²) in [7, 11) is 5.30. The van der Waals surface area contributed by atoms with E-state index in [1.54, 1.807) is 6.07 Å². The largest absolute Gasteiger partial charge is 0.464 e. The predicted molar refractivity (Wildman–Crippen MR) is 85.2 cm³/mol. The van der Waals surface area contributed by atoms with Gasteiger partial charge in [0.1, 0.15) is 5.69 Å². The van der Waals surface area contributed by atoms with E-state index in [0.717, 1.165) is 17.1 Å². The zero-order valence-corrected chi connectivity index (χ0v) is 13.0. The van der Waals surface area contributed by atoms with Gasteiger partial charge in [-0.2, -0.15) is 0 Å². The van der Waals surface area contributed by atoms with Gasteiger partial charge in [0, 0.05) is 24.8 Å². The van der Waals surface area contributed by atoms with Crippen molar-refractivity contribution in [3.8, 4) is 0 Å². The Bertz CT molecular complexity index is 638. The van der Waals surface area contributed by atoms with Gasteiger partial charge in [-0.3, -0.25) is 0 Å². The number of H-pyrrole nitrogens is 1. The maximum absolute atomic E-state index is 11.4. The number of nitrogens with zero attached hydrogens (tertiary/aromatic N) is 1. The number of carbonyl (C=O) groups excluding carboxylic acids is 1. The van der Waals surface area contributed by atoms with Gasteiger partial charge in [0.2, 0.25) is 0 Å². The zero-order valence-electron chi connectivity index (χ0n) is 12.2. The molecule has 0 spiro atoms. The molecule has 0 radical (unpaired) electrons. The summed E-state index contributed by atoms with van der Waals surface area (Å²) in [4.78, 5) is 16.4. The summed E-state index contributed by atoms with van der Waals surface area (Å²) in [6.07, 6.45) is 0. The van der Waals surface area contributed by atoms with Gasteiger partial charge in [-0.15, -0.1) is 0 Å². The van der Waals surface area contributed by atoms with Gasteiger partial charge < -0.3 is 19.9 Å². The Morgan fingerprint density at radius 3 is 2.76 bits per heavy atom. The molecule has 2 N–H and O–H groups in total. The first kappa shape index (κ1) is 15.3. The van der Waals surface area contributed by atoms with Gasteiger partial charge in [-0.25, -0.2) is 4.79 Å². The van der Waals surface area contributed by atoms with Crippen molar-refractivity contribution in [2.45, 2.75) is 6.54 Å². The fraction of sp³-hybridized carbons (Fsp3) is 0.267. The van der Waals surface area contributed by atoms with Crippen LogP contribution in [-0.2, 0) is 11.3 Å². The van der Waals surface area contributed by atoms with Gasteiger partial charge in [-0.05, 0) is 30.3 Å². The first-order chi connectivity index (χ1) is 10.0. The summed E-state index contributed by atoms with van der Waals surface area (Å²) in [5.74, 6) is -0.377. The van der Waals surface area contributed by atoms with Crippen LogP contribution in [0.2, 0.25) is 5.02 Å². The highest BCUT2D eigenvalue weighted by Crippen LogP contribution is 2.28. The lowest BCUT2D eigenvalue weighted by atomic mass is 10.2. The highest BCUT2D eigenvalue weighted by atomic mass is 35.5. The van der Waals surface area contributed by atoms with Crippen LogP contribution in [0.3, 0.4) is 0 Å². The molecule has 0 aliphatic carbocycles. The Kier molecular flexibility index (Phi) is 4.75. The molecule has 1 aromatic heterocycles. The van der Waals surface area contributed by atoms with E-state index >= 15 is 0 Å². The van der Waals surface area contributed by atoms with Crippen molar-refractivity contribution in [3.63, 3.8) is 0 Å². The molecule has 0 saturated heterocycles. The number of rotatable bonds is 5. The van der Waals surface area contributed by atoms with Gasteiger partial charge in [0.05, 0.1) is 25.0 Å². The third kappa shape index (κ3) is 3.70. The SMILES string of the molecule is COC(=O)c1ccc(CNc2cc(Cl)ccc2N(C)C)[nH]1. The van der Waals surface area contributed by atoms with Crippen LogP contribution in [0.1, 0.15) is 16.2 Å². The lowest BCUT2D eigenvalue weighted by Crippen LogP contribution is -2.12. The summed E-state index contributed by atoms with van der Waals surface area (Å²) in [6.45, 7) is 0.554. The number of aromatic amines is 1. The number of anilines is 2. The van der Waals surface area contributed by atoms with E-state index < -0.39 is 0 Å². The molecule has 112 valence electrons. The van der Waals surface area contributed by atoms with E-state index in [4.69, 9.17) is 11.6 Å². The Balaban J connectivity index is 2.11. The highest BCUT2D eigenvalue weighted by molar-refractivity contribution is 6.31. The standard InChI is InChI=1S/C15H18ClN3O2/c1-19(2)14-7-4-10(16)8-13(14)17-9-11-5-6-12(18-11)15(20)21-3/h4-8,17-18H,9H2,1-3H3. The molecule has 5 nitrogen and oxygen atoms in total. The molecule has 2 aromatic rings. The van der Waals surface area contributed by atoms with E-state index in [2.05, 4.69) is 15.0 Å². The Labute approximate surface area is 128 Å². The number of benzene rings is 1. The van der Waals surface area contributed by atoms with Crippen molar-refractivity contribution < 1.29 is 9.53 Å². The van der Waals surface area contributed by atoms with E-state index in [9.17, 15) is 4.79 Å². The average molecular weight is 308 g/mol. The van der Waals surface area contributed by atoms with Crippen LogP contribution < -0.4 is 10.2 Å². The summed E-state index contributed by atoms with van der Waals surface area (Å²) < 4.78 is 4.66. The topological polar surface area (TPSA) is 57.4 Å². The fourth-order valence-electron chi connectivity index (χ4n) is 2.00. The molecule has 0 bridgehead atoms. The van der Waals surface area contributed by atoms with Crippen LogP contribution in [0, 0.1) is 0 Å². The number of ether oxygens (including phenoxy) is 1. The molecule has 0 aliphatic heterocycles. The molecule has 0 saturated carbocycles. The van der Waals surface area contributed by atoms with Crippen molar-refractivity contribution >= 4 is 28.9 Å². The summed E-state index contributed by atoms with van der Waals surface area (Å²) in [6, 6.07) is 9.24. The molecule has 0 fully saturated rings. The fourth-order valence-corrected chi connectivity index (χ4v) is 2.17. The van der Waals surface area contributed by atoms with Crippen molar-refractivity contribution in [1.82, 2.24) is 4.98 Å². The minimum atomic E-state index is -0.377. The van der Waals surface area contributed by atoms with E-state index in [1.165, 1.54) is 7.11 Å². The van der Waals surface area contributed by atoms with Gasteiger partial charge in [0.15, 0.2) is 0 Å². The van der Waals surface area contributed by atoms with E-state index in [0.29, 0.717) is 17.3 Å². The number of halogens is 1. The molecule has 6 heteroatoms. The Morgan fingerprint density at radius 2 is 2.10 bits per heavy atom. The van der Waals surface area contributed by atoms with Crippen molar-refractivity contribution in [3.05, 3.63) is 46.7 Å². The number of hydrogen-bond acceptors (Lipinski definition) is 4. The smallest absolute Gasteiger partial charge is 0.354 e. The lowest BCUT2D eigenvalue weighted by molar-refractivity contribution is 0.0594. The maximum Gasteiger partial charge on any atom is 0.354 e. The van der Waals surface area contributed by atoms with Crippen LogP contribution in [0.4, 0.5) is 11.4 Å². The molecular formula is C15H18ClN3O2. The third-order valence-electron chi connectivity index (χ3n) is 3.06. The molecule has 21 heavy (non-hydrogen) atoms. The van der Waals surface area contributed by atoms with Crippen LogP contribution in [-0.4, -0.2) is 32.2 Å². The molecule has 0 aliphatic rings. The Morgan fingerprint density at radius 1 is 1.33 bits per heavy atom. The van der Waals surface area contributed by atoms with Crippen LogP contribution in [0.25, 0.3) is 0 Å². The molecule has 1 heterocycles. The molecule has 0 unspecified atom stereocenters. The minimum Gasteiger partial charge on any atom is -0.464 e. The quantitative estimate of drug-likeness (QED) is 0.833. The average Bonchev–Trinajstić information content (AvgIpc) is 2.93. The zero-order chi connectivity index (χ0) is 15.4. The van der Waals surface area contributed by atoms with Crippen LogP contribution >= 0.6 is 11.6 Å². The van der Waals surface area contributed by atoms with E-state index in [-0.39, 0.29) is 5.97 Å². The molecular weight excluding hydrogens is 290 g/mol. The third-order valence-corrected chi connectivity index (χ3v) is 3.30. The Hall–Kier alpha value is -2.14. The summed E-state index contributed by atoms with van der Waals surface area (Å²) in [5, 5.41) is 3.98. The second kappa shape index (κ2) is 6.54. The molecule has 2 rings (SSSR count). The van der Waals surface area contributed by atoms with Crippen molar-refractivity contribution in [1.29, 1.82) is 0 Å². The first-order valence-electron chi connectivity index (χ1n) is 6.48. The number of methoxy groups -OCH3 is 1. The van der Waals surface area contributed by atoms with Crippen molar-refractivity contribution in [2.24, 2.45) is 0 Å². The molecule has 1 aromatic carbocycles. The minimum absolute atomic E-state index is 0.377. The van der Waals surface area contributed by atoms with Crippen LogP contribution in [0.5, 0.6) is 0 Å². The normalized spacial score (nSPS) is 10.3. The second-order valence-corrected chi connectivity index (χ2v) is 5.23. The van der Waals surface area contributed by atoms with Gasteiger partial charge in [0.25, 0.3) is 0 Å². The molecule has 0 atom stereocenters. The molecule has 0 amide bonds. The number of carbonyl (C=O) groups is 1.